The summed E-state index contributed by atoms with van der Waals surface area (Å²) in [6.45, 7) is 7.75. The molecule has 33 heavy (non-hydrogen) atoms. The average Bonchev–Trinajstić information content (AvgIpc) is 2.71. The third-order valence-corrected chi connectivity index (χ3v) is 7.29. The fraction of sp³-hybridized carbons (Fsp3) is 0.417. The van der Waals surface area contributed by atoms with E-state index < -0.39 is 37.9 Å². The van der Waals surface area contributed by atoms with Crippen LogP contribution in [-0.2, 0) is 0 Å². The second-order valence-corrected chi connectivity index (χ2v) is 11.0. The van der Waals surface area contributed by atoms with Gasteiger partial charge in [-0.05, 0) is 57.5 Å². The number of benzene rings is 2. The van der Waals surface area contributed by atoms with E-state index in [0.29, 0.717) is 30.0 Å². The molecule has 0 aliphatic heterocycles. The lowest BCUT2D eigenvalue weighted by molar-refractivity contribution is 0.146. The van der Waals surface area contributed by atoms with Crippen LogP contribution in [0.2, 0.25) is 0 Å². The van der Waals surface area contributed by atoms with Gasteiger partial charge in [-0.25, -0.2) is 27.5 Å². The first kappa shape index (κ1) is 23.7. The maximum Gasteiger partial charge on any atom is 0.266 e. The molecule has 0 saturated heterocycles. The van der Waals surface area contributed by atoms with Gasteiger partial charge in [0.05, 0.1) is 17.1 Å². The summed E-state index contributed by atoms with van der Waals surface area (Å²) in [5.41, 5.74) is 1.19. The first-order valence-corrected chi connectivity index (χ1v) is 13.1. The molecule has 1 atom stereocenters. The average molecular weight is 478 g/mol. The van der Waals surface area contributed by atoms with Gasteiger partial charge in [-0.3, -0.25) is 0 Å². The van der Waals surface area contributed by atoms with Crippen molar-refractivity contribution in [3.63, 3.8) is 0 Å². The molecule has 1 aromatic heterocycles. The lowest BCUT2D eigenvalue weighted by Crippen LogP contribution is -2.37. The third kappa shape index (κ3) is 4.91. The van der Waals surface area contributed by atoms with Gasteiger partial charge >= 0.3 is 0 Å². The summed E-state index contributed by atoms with van der Waals surface area (Å²) in [5, 5.41) is 8.54. The summed E-state index contributed by atoms with van der Waals surface area (Å²) in [5.74, 6) is 0.136. The van der Waals surface area contributed by atoms with Crippen LogP contribution in [0, 0.1) is 12.7 Å². The van der Waals surface area contributed by atoms with Crippen LogP contribution in [0.4, 0.5) is 29.1 Å². The van der Waals surface area contributed by atoms with Crippen molar-refractivity contribution in [2.45, 2.75) is 51.4 Å². The molecule has 3 aromatic rings. The summed E-state index contributed by atoms with van der Waals surface area (Å²) >= 11 is 0. The standard InChI is InChI=1S/C24H27F4N4P/c1-12(16-6-5-7-17(22(16)26)23(27)28)29-24-18-10-21(33(3)4)20(32-15-8-14(25)9-15)11-19(18)30-13(2)31-24/h5-7,10-12,14-15,23,32H,8-9H2,1-4H3,(H,29,30,31)/t12-,14?,15?/m1/s1. The van der Waals surface area contributed by atoms with Gasteiger partial charge in [0.25, 0.3) is 6.43 Å². The van der Waals surface area contributed by atoms with E-state index >= 15 is 0 Å². The number of aromatic nitrogens is 2. The van der Waals surface area contributed by atoms with Crippen LogP contribution in [0.3, 0.4) is 0 Å². The zero-order chi connectivity index (χ0) is 23.9. The van der Waals surface area contributed by atoms with E-state index in [-0.39, 0.29) is 11.6 Å². The van der Waals surface area contributed by atoms with Gasteiger partial charge in [0.15, 0.2) is 0 Å². The zero-order valence-corrected chi connectivity index (χ0v) is 19.9. The maximum atomic E-state index is 14.7. The highest BCUT2D eigenvalue weighted by molar-refractivity contribution is 7.64. The van der Waals surface area contributed by atoms with Crippen molar-refractivity contribution in [1.82, 2.24) is 9.97 Å². The number of hydrogen-bond acceptors (Lipinski definition) is 4. The molecule has 4 rings (SSSR count). The van der Waals surface area contributed by atoms with Crippen LogP contribution < -0.4 is 15.9 Å². The number of anilines is 2. The Kier molecular flexibility index (Phi) is 6.76. The fourth-order valence-electron chi connectivity index (χ4n) is 4.12. The minimum Gasteiger partial charge on any atom is -0.382 e. The Labute approximate surface area is 192 Å². The van der Waals surface area contributed by atoms with Crippen molar-refractivity contribution < 1.29 is 17.6 Å². The number of alkyl halides is 3. The van der Waals surface area contributed by atoms with E-state index in [9.17, 15) is 17.6 Å². The Morgan fingerprint density at radius 3 is 2.42 bits per heavy atom. The Hall–Kier alpha value is -2.47. The zero-order valence-electron chi connectivity index (χ0n) is 19.0. The monoisotopic (exact) mass is 478 g/mol. The summed E-state index contributed by atoms with van der Waals surface area (Å²) in [7, 11) is -0.496. The van der Waals surface area contributed by atoms with E-state index in [1.165, 1.54) is 12.1 Å². The van der Waals surface area contributed by atoms with Crippen molar-refractivity contribution >= 4 is 35.6 Å². The van der Waals surface area contributed by atoms with E-state index in [0.717, 1.165) is 22.4 Å². The SMILES string of the molecule is Cc1nc(N[C@H](C)c2cccc(C(F)F)c2F)c2cc(P(C)C)c(NC3CC(F)C3)cc2n1. The molecular formula is C24H27F4N4P. The Morgan fingerprint density at radius 1 is 1.09 bits per heavy atom. The van der Waals surface area contributed by atoms with Crippen molar-refractivity contribution in [3.8, 4) is 0 Å². The van der Waals surface area contributed by atoms with E-state index in [4.69, 9.17) is 0 Å². The number of nitrogens with zero attached hydrogens (tertiary/aromatic N) is 2. The molecule has 0 spiro atoms. The second-order valence-electron chi connectivity index (χ2n) is 8.73. The summed E-state index contributed by atoms with van der Waals surface area (Å²) in [6.07, 6.45) is -2.63. The van der Waals surface area contributed by atoms with Crippen molar-refractivity contribution in [2.24, 2.45) is 0 Å². The van der Waals surface area contributed by atoms with Crippen LogP contribution in [0.5, 0.6) is 0 Å². The van der Waals surface area contributed by atoms with Gasteiger partial charge < -0.3 is 10.6 Å². The quantitative estimate of drug-likeness (QED) is 0.302. The predicted octanol–water partition coefficient (Wildman–Crippen LogP) is 6.47. The molecule has 1 saturated carbocycles. The molecule has 1 aliphatic carbocycles. The van der Waals surface area contributed by atoms with Crippen molar-refractivity contribution in [2.75, 3.05) is 24.0 Å². The largest absolute Gasteiger partial charge is 0.382 e. The minimum absolute atomic E-state index is 0.108. The first-order chi connectivity index (χ1) is 15.6. The molecule has 4 nitrogen and oxygen atoms in total. The molecule has 0 amide bonds. The normalized spacial score (nSPS) is 19.1. The van der Waals surface area contributed by atoms with E-state index in [1.54, 1.807) is 13.8 Å². The minimum atomic E-state index is -2.88. The highest BCUT2D eigenvalue weighted by atomic mass is 31.1. The van der Waals surface area contributed by atoms with Gasteiger partial charge in [0, 0.05) is 22.7 Å². The molecule has 1 fully saturated rings. The van der Waals surface area contributed by atoms with Crippen LogP contribution in [-0.4, -0.2) is 35.5 Å². The number of rotatable bonds is 7. The number of halogens is 4. The predicted molar refractivity (Wildman–Crippen MR) is 128 cm³/mol. The molecule has 176 valence electrons. The van der Waals surface area contributed by atoms with E-state index in [1.807, 2.05) is 12.1 Å². The summed E-state index contributed by atoms with van der Waals surface area (Å²) in [4.78, 5) is 9.09. The molecule has 1 heterocycles. The van der Waals surface area contributed by atoms with Gasteiger partial charge in [0.2, 0.25) is 0 Å². The van der Waals surface area contributed by atoms with E-state index in [2.05, 4.69) is 33.9 Å². The highest BCUT2D eigenvalue weighted by Gasteiger charge is 2.29. The summed E-state index contributed by atoms with van der Waals surface area (Å²) in [6, 6.07) is 7.52. The molecule has 9 heteroatoms. The number of aryl methyl sites for hydroxylation is 1. The molecule has 0 bridgehead atoms. The number of fused-ring (bicyclic) bond motifs is 1. The van der Waals surface area contributed by atoms with Crippen LogP contribution in [0.15, 0.2) is 30.3 Å². The number of hydrogen-bond donors (Lipinski definition) is 2. The van der Waals surface area contributed by atoms with Crippen LogP contribution >= 0.6 is 7.92 Å². The molecule has 0 radical (unpaired) electrons. The first-order valence-electron chi connectivity index (χ1n) is 10.9. The molecule has 2 N–H and O–H groups in total. The van der Waals surface area contributed by atoms with Crippen molar-refractivity contribution in [3.05, 3.63) is 53.1 Å². The Morgan fingerprint density at radius 2 is 1.79 bits per heavy atom. The molecular weight excluding hydrogens is 451 g/mol. The third-order valence-electron chi connectivity index (χ3n) is 5.96. The lowest BCUT2D eigenvalue weighted by atomic mass is 9.90. The Bertz CT molecular complexity index is 1160. The maximum absolute atomic E-state index is 14.7. The highest BCUT2D eigenvalue weighted by Crippen LogP contribution is 2.36. The summed E-state index contributed by atoms with van der Waals surface area (Å²) < 4.78 is 54.3. The van der Waals surface area contributed by atoms with Crippen molar-refractivity contribution in [1.29, 1.82) is 0 Å². The van der Waals surface area contributed by atoms with Gasteiger partial charge in [-0.1, -0.05) is 26.1 Å². The van der Waals surface area contributed by atoms with Gasteiger partial charge in [-0.15, -0.1) is 0 Å². The smallest absolute Gasteiger partial charge is 0.266 e. The topological polar surface area (TPSA) is 49.8 Å². The van der Waals surface area contributed by atoms with Gasteiger partial charge in [0.1, 0.15) is 23.6 Å². The molecule has 1 aliphatic rings. The number of nitrogens with one attached hydrogen (secondary N) is 2. The fourth-order valence-corrected chi connectivity index (χ4v) is 5.11. The molecule has 0 unspecified atom stereocenters. The lowest BCUT2D eigenvalue weighted by Gasteiger charge is -2.32. The molecule has 2 aromatic carbocycles. The van der Waals surface area contributed by atoms with Crippen LogP contribution in [0.1, 0.15) is 49.2 Å². The Balaban J connectivity index is 1.72. The van der Waals surface area contributed by atoms with Crippen LogP contribution in [0.25, 0.3) is 10.9 Å². The second kappa shape index (κ2) is 9.41. The van der Waals surface area contributed by atoms with Gasteiger partial charge in [-0.2, -0.15) is 0 Å².